The molecule has 2 aliphatic rings. The molecule has 2 aliphatic carbocycles. The van der Waals surface area contributed by atoms with Gasteiger partial charge in [-0.2, -0.15) is 0 Å². The van der Waals surface area contributed by atoms with E-state index in [2.05, 4.69) is 83.5 Å². The van der Waals surface area contributed by atoms with Gasteiger partial charge in [0.1, 0.15) is 0 Å². The molecule has 0 radical (unpaired) electrons. The van der Waals surface area contributed by atoms with E-state index >= 15 is 0 Å². The van der Waals surface area contributed by atoms with Crippen LogP contribution in [0.25, 0.3) is 11.1 Å². The van der Waals surface area contributed by atoms with Crippen LogP contribution in [-0.4, -0.2) is 3.76 Å². The molecule has 0 aromatic heterocycles. The van der Waals surface area contributed by atoms with Gasteiger partial charge in [0.15, 0.2) is 0 Å². The fourth-order valence-corrected chi connectivity index (χ4v) is 23.8. The van der Waals surface area contributed by atoms with Gasteiger partial charge in [0, 0.05) is 0 Å². The van der Waals surface area contributed by atoms with Crippen molar-refractivity contribution < 1.29 is 15.7 Å². The Labute approximate surface area is 145 Å². The Kier molecular flexibility index (Phi) is 3.68. The Balaban J connectivity index is 2.06. The van der Waals surface area contributed by atoms with E-state index in [4.69, 9.17) is 17.2 Å². The Bertz CT molecular complexity index is 857. The normalized spacial score (nSPS) is 17.4. The van der Waals surface area contributed by atoms with Crippen molar-refractivity contribution in [2.45, 2.75) is 14.3 Å². The molecular weight excluding hydrogens is 490 g/mol. The Morgan fingerprint density at radius 1 is 0.826 bits per heavy atom. The van der Waals surface area contributed by atoms with E-state index in [-0.39, 0.29) is 7.35 Å². The van der Waals surface area contributed by atoms with Gasteiger partial charge in [0.05, 0.1) is 0 Å². The summed E-state index contributed by atoms with van der Waals surface area (Å²) in [5, 5.41) is 0. The van der Waals surface area contributed by atoms with E-state index in [0.29, 0.717) is 0 Å². The van der Waals surface area contributed by atoms with Gasteiger partial charge in [-0.1, -0.05) is 0 Å². The summed E-state index contributed by atoms with van der Waals surface area (Å²) >= 11 is -4.42. The first-order valence-electron chi connectivity index (χ1n) is 7.97. The topological polar surface area (TPSA) is 0 Å². The van der Waals surface area contributed by atoms with Crippen molar-refractivity contribution in [3.8, 4) is 11.1 Å². The fourth-order valence-electron chi connectivity index (χ4n) is 4.10. The van der Waals surface area contributed by atoms with Crippen LogP contribution < -0.4 is 0 Å². The van der Waals surface area contributed by atoms with Crippen LogP contribution in [0.4, 0.5) is 0 Å². The zero-order valence-corrected chi connectivity index (χ0v) is 18.0. The number of halogens is 2. The minimum atomic E-state index is -4.42. The predicted octanol–water partition coefficient (Wildman–Crippen LogP) is 6.49. The number of rotatable bonds is 2. The van der Waals surface area contributed by atoms with Gasteiger partial charge in [0.25, 0.3) is 0 Å². The summed E-state index contributed by atoms with van der Waals surface area (Å²) in [4.78, 5) is 0. The molecular formula is C20H18Cl2Hf. The summed E-state index contributed by atoms with van der Waals surface area (Å²) in [6, 6.07) is 17.2. The van der Waals surface area contributed by atoms with Crippen molar-refractivity contribution in [1.82, 2.24) is 0 Å². The second-order valence-electron chi connectivity index (χ2n) is 6.42. The quantitative estimate of drug-likeness (QED) is 0.408. The standard InChI is InChI=1S/C13H9.C5H5.C2H4.2ClH.Hf/c1-3-7-12-10(5-1)9-11-6-2-4-8-13(11)12;1-2-4-5-3-1;1-2;;;/h1-9H;1-5H;1H,2H3;2*1H;/q;;;;;+2/p-2. The summed E-state index contributed by atoms with van der Waals surface area (Å²) < 4.78 is 2.45. The molecule has 4 rings (SSSR count). The molecule has 0 heterocycles. The van der Waals surface area contributed by atoms with E-state index in [1.54, 1.807) is 0 Å². The molecule has 116 valence electrons. The molecule has 0 bridgehead atoms. The Morgan fingerprint density at radius 2 is 1.30 bits per heavy atom. The van der Waals surface area contributed by atoms with Crippen molar-refractivity contribution in [3.05, 3.63) is 84.0 Å². The van der Waals surface area contributed by atoms with Gasteiger partial charge in [-0.05, 0) is 0 Å². The van der Waals surface area contributed by atoms with Gasteiger partial charge >= 0.3 is 146 Å². The van der Waals surface area contributed by atoms with Crippen molar-refractivity contribution in [1.29, 1.82) is 0 Å². The molecule has 3 heteroatoms. The zero-order chi connectivity index (χ0) is 16.1. The van der Waals surface area contributed by atoms with E-state index in [0.717, 1.165) is 0 Å². The fraction of sp³-hybridized carbons (Fsp3) is 0.150. The molecule has 2 aromatic rings. The molecule has 0 saturated carbocycles. The number of allylic oxidation sites excluding steroid dienone is 4. The average molecular weight is 508 g/mol. The van der Waals surface area contributed by atoms with Gasteiger partial charge in [-0.25, -0.2) is 0 Å². The SMILES string of the molecule is C[CH]=[Hf]([Cl])([Cl])([CH]1C=CC=C1)[CH]1c2ccccc2-c2ccccc21. The monoisotopic (exact) mass is 508 g/mol. The first kappa shape index (κ1) is 15.7. The molecule has 2 aromatic carbocycles. The average Bonchev–Trinajstić information content (AvgIpc) is 3.22. The third-order valence-electron chi connectivity index (χ3n) is 5.32. The second kappa shape index (κ2) is 5.37. The van der Waals surface area contributed by atoms with Crippen LogP contribution in [0.1, 0.15) is 21.7 Å². The Hall–Kier alpha value is -0.760. The molecule has 0 fully saturated rings. The first-order chi connectivity index (χ1) is 11.1. The van der Waals surface area contributed by atoms with Gasteiger partial charge in [-0.3, -0.25) is 0 Å². The van der Waals surface area contributed by atoms with Crippen LogP contribution in [-0.2, 0) is 15.7 Å². The minimum absolute atomic E-state index is 0.116. The summed E-state index contributed by atoms with van der Waals surface area (Å²) in [5.74, 6) is 0. The predicted molar refractivity (Wildman–Crippen MR) is 99.2 cm³/mol. The van der Waals surface area contributed by atoms with Crippen molar-refractivity contribution in [2.75, 3.05) is 0 Å². The summed E-state index contributed by atoms with van der Waals surface area (Å²) in [5.41, 5.74) is 5.15. The van der Waals surface area contributed by atoms with Crippen LogP contribution in [0.2, 0.25) is 3.67 Å². The molecule has 0 spiro atoms. The van der Waals surface area contributed by atoms with Crippen molar-refractivity contribution >= 4 is 20.9 Å². The zero-order valence-electron chi connectivity index (χ0n) is 12.9. The second-order valence-corrected chi connectivity index (χ2v) is 37.2. The Morgan fingerprint density at radius 3 is 1.78 bits per heavy atom. The maximum atomic E-state index is 7.47. The molecule has 0 amide bonds. The van der Waals surface area contributed by atoms with Crippen LogP contribution in [0.3, 0.4) is 0 Å². The van der Waals surface area contributed by atoms with E-state index in [9.17, 15) is 0 Å². The number of fused-ring (bicyclic) bond motifs is 3. The number of hydrogen-bond acceptors (Lipinski definition) is 0. The van der Waals surface area contributed by atoms with Gasteiger partial charge in [-0.15, -0.1) is 0 Å². The molecule has 0 nitrogen and oxygen atoms in total. The molecule has 0 atom stereocenters. The van der Waals surface area contributed by atoms with E-state index in [1.165, 1.54) is 22.3 Å². The van der Waals surface area contributed by atoms with Crippen LogP contribution in [0.15, 0.2) is 72.8 Å². The van der Waals surface area contributed by atoms with Crippen LogP contribution in [0.5, 0.6) is 0 Å². The summed E-state index contributed by atoms with van der Waals surface area (Å²) in [6.07, 6.45) is 8.50. The summed E-state index contributed by atoms with van der Waals surface area (Å²) in [6.45, 7) is 2.05. The summed E-state index contributed by atoms with van der Waals surface area (Å²) in [7, 11) is 14.9. The van der Waals surface area contributed by atoms with Crippen molar-refractivity contribution in [3.63, 3.8) is 0 Å². The van der Waals surface area contributed by atoms with Gasteiger partial charge in [0.2, 0.25) is 0 Å². The van der Waals surface area contributed by atoms with Crippen molar-refractivity contribution in [2.24, 2.45) is 0 Å². The molecule has 0 saturated heterocycles. The van der Waals surface area contributed by atoms with E-state index in [1.807, 2.05) is 0 Å². The van der Waals surface area contributed by atoms with Crippen LogP contribution in [0, 0.1) is 0 Å². The molecule has 0 N–H and O–H groups in total. The third-order valence-corrected chi connectivity index (χ3v) is 32.7. The molecule has 0 unspecified atom stereocenters. The van der Waals surface area contributed by atoms with Crippen LogP contribution >= 0.6 is 17.2 Å². The molecule has 23 heavy (non-hydrogen) atoms. The first-order valence-corrected chi connectivity index (χ1v) is 23.1. The van der Waals surface area contributed by atoms with E-state index < -0.39 is 15.7 Å². The molecule has 0 aliphatic heterocycles. The maximum absolute atomic E-state index is 7.47. The number of hydrogen-bond donors (Lipinski definition) is 0. The van der Waals surface area contributed by atoms with Gasteiger partial charge < -0.3 is 0 Å². The number of benzene rings is 2. The third kappa shape index (κ3) is 2.17.